The molecule has 33 heavy (non-hydrogen) atoms. The Hall–Kier alpha value is -2.48. The lowest BCUT2D eigenvalue weighted by Crippen LogP contribution is -2.41. The molecule has 5 nitrogen and oxygen atoms in total. The quantitative estimate of drug-likeness (QED) is 0.387. The summed E-state index contributed by atoms with van der Waals surface area (Å²) in [6.45, 7) is 4.12. The van der Waals surface area contributed by atoms with E-state index in [0.717, 1.165) is 21.4 Å². The molecule has 3 aromatic carbocycles. The van der Waals surface area contributed by atoms with Crippen LogP contribution in [-0.2, 0) is 20.6 Å². The van der Waals surface area contributed by atoms with Gasteiger partial charge in [-0.25, -0.2) is 8.42 Å². The van der Waals surface area contributed by atoms with Gasteiger partial charge in [-0.1, -0.05) is 59.1 Å². The zero-order chi connectivity index (χ0) is 23.8. The van der Waals surface area contributed by atoms with Gasteiger partial charge in [0, 0.05) is 23.1 Å². The highest BCUT2D eigenvalue weighted by Crippen LogP contribution is 2.25. The maximum Gasteiger partial charge on any atom is 0.264 e. The minimum atomic E-state index is -3.94. The molecule has 0 heterocycles. The van der Waals surface area contributed by atoms with E-state index in [2.05, 4.69) is 36.5 Å². The number of nitrogens with one attached hydrogen (secondary N) is 1. The first kappa shape index (κ1) is 25.1. The number of nitrogens with zero attached hydrogens (tertiary/aromatic N) is 1. The molecule has 174 valence electrons. The number of benzene rings is 3. The van der Waals surface area contributed by atoms with Crippen molar-refractivity contribution in [3.05, 3.63) is 94.5 Å². The van der Waals surface area contributed by atoms with Crippen LogP contribution >= 0.6 is 23.4 Å². The zero-order valence-electron chi connectivity index (χ0n) is 18.6. The SMILES string of the molecule is Cc1ccc(CSCCNC(=O)CN(c2ccc(C)cc2)S(=O)(=O)c2ccc(Cl)cc2)cc1. The highest BCUT2D eigenvalue weighted by molar-refractivity contribution is 7.98. The van der Waals surface area contributed by atoms with Crippen molar-refractivity contribution < 1.29 is 13.2 Å². The van der Waals surface area contributed by atoms with Gasteiger partial charge in [-0.3, -0.25) is 9.10 Å². The van der Waals surface area contributed by atoms with E-state index in [1.165, 1.54) is 35.4 Å². The van der Waals surface area contributed by atoms with Crippen LogP contribution in [0.2, 0.25) is 5.02 Å². The second-order valence-corrected chi connectivity index (χ2v) is 11.1. The third kappa shape index (κ3) is 7.25. The van der Waals surface area contributed by atoms with Crippen LogP contribution in [-0.4, -0.2) is 33.2 Å². The maximum absolute atomic E-state index is 13.3. The van der Waals surface area contributed by atoms with Gasteiger partial charge in [0.2, 0.25) is 5.91 Å². The van der Waals surface area contributed by atoms with Gasteiger partial charge in [0.25, 0.3) is 10.0 Å². The Bertz CT molecular complexity index is 1160. The number of carbonyl (C=O) groups is 1. The van der Waals surface area contributed by atoms with Crippen molar-refractivity contribution in [3.63, 3.8) is 0 Å². The predicted octanol–water partition coefficient (Wildman–Crippen LogP) is 5.20. The number of thioether (sulfide) groups is 1. The van der Waals surface area contributed by atoms with Crippen molar-refractivity contribution in [2.75, 3.05) is 23.1 Å². The molecule has 3 aromatic rings. The van der Waals surface area contributed by atoms with Crippen molar-refractivity contribution in [2.45, 2.75) is 24.5 Å². The third-order valence-corrected chi connectivity index (χ3v) is 8.04. The number of anilines is 1. The van der Waals surface area contributed by atoms with E-state index in [1.54, 1.807) is 23.9 Å². The monoisotopic (exact) mass is 502 g/mol. The Kier molecular flexibility index (Phi) is 8.83. The predicted molar refractivity (Wildman–Crippen MR) is 138 cm³/mol. The summed E-state index contributed by atoms with van der Waals surface area (Å²) in [6.07, 6.45) is 0. The van der Waals surface area contributed by atoms with Crippen molar-refractivity contribution in [1.29, 1.82) is 0 Å². The van der Waals surface area contributed by atoms with Gasteiger partial charge in [0.05, 0.1) is 10.6 Å². The number of hydrogen-bond acceptors (Lipinski definition) is 4. The van der Waals surface area contributed by atoms with Gasteiger partial charge in [0.1, 0.15) is 6.54 Å². The number of sulfonamides is 1. The highest BCUT2D eigenvalue weighted by atomic mass is 35.5. The highest BCUT2D eigenvalue weighted by Gasteiger charge is 2.27. The molecule has 0 spiro atoms. The van der Waals surface area contributed by atoms with E-state index >= 15 is 0 Å². The van der Waals surface area contributed by atoms with Crippen LogP contribution in [0.3, 0.4) is 0 Å². The van der Waals surface area contributed by atoms with E-state index in [4.69, 9.17) is 11.6 Å². The average molecular weight is 503 g/mol. The summed E-state index contributed by atoms with van der Waals surface area (Å²) in [7, 11) is -3.94. The molecule has 1 N–H and O–H groups in total. The Morgan fingerprint density at radius 1 is 0.909 bits per heavy atom. The summed E-state index contributed by atoms with van der Waals surface area (Å²) in [5, 5.41) is 3.28. The summed E-state index contributed by atoms with van der Waals surface area (Å²) in [5.41, 5.74) is 3.89. The molecule has 0 aliphatic carbocycles. The topological polar surface area (TPSA) is 66.5 Å². The minimum absolute atomic E-state index is 0.0777. The van der Waals surface area contributed by atoms with Crippen LogP contribution in [0.15, 0.2) is 77.7 Å². The Labute approximate surface area is 205 Å². The molecule has 1 amide bonds. The van der Waals surface area contributed by atoms with Crippen molar-refractivity contribution in [1.82, 2.24) is 5.32 Å². The maximum atomic E-state index is 13.3. The first-order chi connectivity index (χ1) is 15.8. The molecule has 0 saturated heterocycles. The van der Waals surface area contributed by atoms with Gasteiger partial charge in [-0.15, -0.1) is 0 Å². The molecular weight excluding hydrogens is 476 g/mol. The molecule has 0 saturated carbocycles. The lowest BCUT2D eigenvalue weighted by atomic mass is 10.2. The molecule has 8 heteroatoms. The summed E-state index contributed by atoms with van der Waals surface area (Å²) in [4.78, 5) is 12.7. The molecule has 3 rings (SSSR count). The molecular formula is C25H27ClN2O3S2. The average Bonchev–Trinajstić information content (AvgIpc) is 2.79. The Balaban J connectivity index is 1.63. The summed E-state index contributed by atoms with van der Waals surface area (Å²) >= 11 is 7.63. The van der Waals surface area contributed by atoms with E-state index in [-0.39, 0.29) is 17.3 Å². The largest absolute Gasteiger partial charge is 0.354 e. The van der Waals surface area contributed by atoms with Gasteiger partial charge in [0.15, 0.2) is 0 Å². The number of amides is 1. The van der Waals surface area contributed by atoms with Crippen molar-refractivity contribution in [3.8, 4) is 0 Å². The first-order valence-electron chi connectivity index (χ1n) is 10.5. The minimum Gasteiger partial charge on any atom is -0.354 e. The van der Waals surface area contributed by atoms with Crippen LogP contribution in [0, 0.1) is 13.8 Å². The van der Waals surface area contributed by atoms with Crippen LogP contribution in [0.4, 0.5) is 5.69 Å². The number of carbonyl (C=O) groups excluding carboxylic acids is 1. The lowest BCUT2D eigenvalue weighted by molar-refractivity contribution is -0.119. The molecule has 0 aliphatic heterocycles. The fraction of sp³-hybridized carbons (Fsp3) is 0.240. The van der Waals surface area contributed by atoms with Gasteiger partial charge in [-0.2, -0.15) is 11.8 Å². The van der Waals surface area contributed by atoms with E-state index in [9.17, 15) is 13.2 Å². The number of hydrogen-bond donors (Lipinski definition) is 1. The van der Waals surface area contributed by atoms with Crippen molar-refractivity contribution >= 4 is 45.0 Å². The standard InChI is InChI=1S/C25H27ClN2O3S2/c1-19-3-7-21(8-4-19)18-32-16-15-27-25(29)17-28(23-11-5-20(2)6-12-23)33(30,31)24-13-9-22(26)10-14-24/h3-14H,15-18H2,1-2H3,(H,27,29). The Morgan fingerprint density at radius 3 is 2.09 bits per heavy atom. The van der Waals surface area contributed by atoms with Crippen LogP contribution in [0.5, 0.6) is 0 Å². The van der Waals surface area contributed by atoms with E-state index in [1.807, 2.05) is 19.1 Å². The normalized spacial score (nSPS) is 11.2. The molecule has 0 atom stereocenters. The lowest BCUT2D eigenvalue weighted by Gasteiger charge is -2.24. The smallest absolute Gasteiger partial charge is 0.264 e. The van der Waals surface area contributed by atoms with E-state index in [0.29, 0.717) is 17.3 Å². The van der Waals surface area contributed by atoms with E-state index < -0.39 is 10.0 Å². The molecule has 0 aliphatic rings. The van der Waals surface area contributed by atoms with Gasteiger partial charge >= 0.3 is 0 Å². The van der Waals surface area contributed by atoms with Gasteiger partial charge in [-0.05, 0) is 55.8 Å². The molecule has 0 unspecified atom stereocenters. The molecule has 0 radical (unpaired) electrons. The Morgan fingerprint density at radius 2 is 1.48 bits per heavy atom. The molecule has 0 aromatic heterocycles. The summed E-state index contributed by atoms with van der Waals surface area (Å²) in [6, 6.07) is 21.3. The van der Waals surface area contributed by atoms with Gasteiger partial charge < -0.3 is 5.32 Å². The second kappa shape index (κ2) is 11.6. The number of rotatable bonds is 10. The molecule has 0 bridgehead atoms. The third-order valence-electron chi connectivity index (χ3n) is 4.97. The van der Waals surface area contributed by atoms with Crippen LogP contribution in [0.25, 0.3) is 0 Å². The number of aryl methyl sites for hydroxylation is 2. The summed E-state index contributed by atoms with van der Waals surface area (Å²) < 4.78 is 27.8. The van der Waals surface area contributed by atoms with Crippen molar-refractivity contribution in [2.24, 2.45) is 0 Å². The van der Waals surface area contributed by atoms with Crippen LogP contribution < -0.4 is 9.62 Å². The van der Waals surface area contributed by atoms with Crippen LogP contribution in [0.1, 0.15) is 16.7 Å². The fourth-order valence-electron chi connectivity index (χ4n) is 3.08. The summed E-state index contributed by atoms with van der Waals surface area (Å²) in [5.74, 6) is 1.23. The number of halogens is 1. The first-order valence-corrected chi connectivity index (χ1v) is 13.5. The second-order valence-electron chi connectivity index (χ2n) is 7.69. The molecule has 0 fully saturated rings. The fourth-order valence-corrected chi connectivity index (χ4v) is 5.45. The zero-order valence-corrected chi connectivity index (χ0v) is 21.0.